The van der Waals surface area contributed by atoms with Crippen molar-refractivity contribution >= 4 is 17.1 Å². The molecule has 0 heterocycles. The lowest BCUT2D eigenvalue weighted by atomic mass is 10.1. The Balaban J connectivity index is 2.25. The van der Waals surface area contributed by atoms with E-state index in [4.69, 9.17) is 10.5 Å². The summed E-state index contributed by atoms with van der Waals surface area (Å²) in [6, 6.07) is 13.6. The SMILES string of the molecule is COc1ccc(Nc2c(C)cccc2N)cc1. The predicted octanol–water partition coefficient (Wildman–Crippen LogP) is 3.33. The largest absolute Gasteiger partial charge is 0.497 e. The number of nitrogens with one attached hydrogen (secondary N) is 1. The first kappa shape index (κ1) is 11.3. The van der Waals surface area contributed by atoms with E-state index in [1.54, 1.807) is 7.11 Å². The van der Waals surface area contributed by atoms with Crippen LogP contribution in [0.1, 0.15) is 5.56 Å². The molecule has 0 aliphatic heterocycles. The summed E-state index contributed by atoms with van der Waals surface area (Å²) in [5.41, 5.74) is 9.76. The molecule has 0 saturated carbocycles. The van der Waals surface area contributed by atoms with E-state index < -0.39 is 0 Å². The minimum atomic E-state index is 0.751. The number of hydrogen-bond donors (Lipinski definition) is 2. The summed E-state index contributed by atoms with van der Waals surface area (Å²) < 4.78 is 5.11. The first-order chi connectivity index (χ1) is 8.20. The molecule has 3 heteroatoms. The highest BCUT2D eigenvalue weighted by Crippen LogP contribution is 2.27. The number of nitrogen functional groups attached to an aromatic ring is 1. The van der Waals surface area contributed by atoms with Crippen molar-refractivity contribution in [2.45, 2.75) is 6.92 Å². The summed E-state index contributed by atoms with van der Waals surface area (Å²) in [4.78, 5) is 0. The fourth-order valence-corrected chi connectivity index (χ4v) is 1.68. The number of ether oxygens (including phenoxy) is 1. The van der Waals surface area contributed by atoms with E-state index in [-0.39, 0.29) is 0 Å². The lowest BCUT2D eigenvalue weighted by Crippen LogP contribution is -1.98. The number of nitrogens with two attached hydrogens (primary N) is 1. The van der Waals surface area contributed by atoms with Gasteiger partial charge in [0.1, 0.15) is 5.75 Å². The summed E-state index contributed by atoms with van der Waals surface area (Å²) >= 11 is 0. The summed E-state index contributed by atoms with van der Waals surface area (Å²) in [6.45, 7) is 2.03. The van der Waals surface area contributed by atoms with Gasteiger partial charge in [-0.15, -0.1) is 0 Å². The van der Waals surface area contributed by atoms with Gasteiger partial charge in [-0.1, -0.05) is 12.1 Å². The van der Waals surface area contributed by atoms with Crippen LogP contribution in [0.2, 0.25) is 0 Å². The predicted molar refractivity (Wildman–Crippen MR) is 71.9 cm³/mol. The molecule has 17 heavy (non-hydrogen) atoms. The van der Waals surface area contributed by atoms with E-state index in [9.17, 15) is 0 Å². The zero-order valence-corrected chi connectivity index (χ0v) is 10.0. The van der Waals surface area contributed by atoms with Crippen molar-refractivity contribution in [3.05, 3.63) is 48.0 Å². The fraction of sp³-hybridized carbons (Fsp3) is 0.143. The first-order valence-electron chi connectivity index (χ1n) is 5.47. The minimum Gasteiger partial charge on any atom is -0.497 e. The number of aryl methyl sites for hydroxylation is 1. The number of rotatable bonds is 3. The molecule has 0 aromatic heterocycles. The summed E-state index contributed by atoms with van der Waals surface area (Å²) in [5.74, 6) is 0.841. The molecule has 0 spiro atoms. The minimum absolute atomic E-state index is 0.751. The van der Waals surface area contributed by atoms with Crippen LogP contribution in [0, 0.1) is 6.92 Å². The van der Waals surface area contributed by atoms with Gasteiger partial charge >= 0.3 is 0 Å². The van der Waals surface area contributed by atoms with Crippen molar-refractivity contribution in [3.63, 3.8) is 0 Å². The third-order valence-electron chi connectivity index (χ3n) is 2.66. The molecule has 0 bridgehead atoms. The molecule has 3 N–H and O–H groups in total. The Morgan fingerprint density at radius 2 is 1.76 bits per heavy atom. The molecule has 0 aliphatic rings. The molecule has 2 aromatic rings. The number of hydrogen-bond acceptors (Lipinski definition) is 3. The van der Waals surface area contributed by atoms with E-state index in [1.165, 1.54) is 0 Å². The average molecular weight is 228 g/mol. The van der Waals surface area contributed by atoms with Crippen molar-refractivity contribution in [3.8, 4) is 5.75 Å². The van der Waals surface area contributed by atoms with Crippen LogP contribution in [-0.2, 0) is 0 Å². The first-order valence-corrected chi connectivity index (χ1v) is 5.47. The van der Waals surface area contributed by atoms with Gasteiger partial charge in [0, 0.05) is 5.69 Å². The Kier molecular flexibility index (Phi) is 3.19. The highest BCUT2D eigenvalue weighted by atomic mass is 16.5. The third kappa shape index (κ3) is 2.50. The van der Waals surface area contributed by atoms with Gasteiger partial charge in [0.2, 0.25) is 0 Å². The van der Waals surface area contributed by atoms with Crippen LogP contribution in [0.4, 0.5) is 17.1 Å². The number of para-hydroxylation sites is 1. The molecule has 0 atom stereocenters. The maximum Gasteiger partial charge on any atom is 0.119 e. The van der Waals surface area contributed by atoms with Crippen LogP contribution in [-0.4, -0.2) is 7.11 Å². The Morgan fingerprint density at radius 3 is 2.35 bits per heavy atom. The molecule has 88 valence electrons. The van der Waals surface area contributed by atoms with Crippen LogP contribution < -0.4 is 15.8 Å². The topological polar surface area (TPSA) is 47.3 Å². The van der Waals surface area contributed by atoms with E-state index in [0.717, 1.165) is 28.4 Å². The van der Waals surface area contributed by atoms with Gasteiger partial charge in [-0.05, 0) is 42.8 Å². The van der Waals surface area contributed by atoms with Gasteiger partial charge in [0.05, 0.1) is 18.5 Å². The van der Waals surface area contributed by atoms with E-state index in [1.807, 2.05) is 49.4 Å². The molecular weight excluding hydrogens is 212 g/mol. The molecule has 3 nitrogen and oxygen atoms in total. The molecule has 0 radical (unpaired) electrons. The van der Waals surface area contributed by atoms with Crippen molar-refractivity contribution in [1.82, 2.24) is 0 Å². The lowest BCUT2D eigenvalue weighted by molar-refractivity contribution is 0.415. The Bertz CT molecular complexity index is 486. The molecule has 2 rings (SSSR count). The maximum atomic E-state index is 5.94. The van der Waals surface area contributed by atoms with Crippen LogP contribution >= 0.6 is 0 Å². The number of methoxy groups -OCH3 is 1. The van der Waals surface area contributed by atoms with Crippen molar-refractivity contribution in [1.29, 1.82) is 0 Å². The van der Waals surface area contributed by atoms with Crippen molar-refractivity contribution in [2.75, 3.05) is 18.2 Å². The average Bonchev–Trinajstić information content (AvgIpc) is 2.35. The van der Waals surface area contributed by atoms with Crippen LogP contribution in [0.3, 0.4) is 0 Å². The Morgan fingerprint density at radius 1 is 1.06 bits per heavy atom. The molecule has 2 aromatic carbocycles. The Labute approximate surface area is 101 Å². The van der Waals surface area contributed by atoms with Crippen LogP contribution in [0.5, 0.6) is 5.75 Å². The van der Waals surface area contributed by atoms with Gasteiger partial charge in [0.15, 0.2) is 0 Å². The lowest BCUT2D eigenvalue weighted by Gasteiger charge is -2.12. The van der Waals surface area contributed by atoms with Crippen LogP contribution in [0.15, 0.2) is 42.5 Å². The van der Waals surface area contributed by atoms with Gasteiger partial charge in [-0.25, -0.2) is 0 Å². The summed E-state index contributed by atoms with van der Waals surface area (Å²) in [6.07, 6.45) is 0. The number of benzene rings is 2. The smallest absolute Gasteiger partial charge is 0.119 e. The monoisotopic (exact) mass is 228 g/mol. The molecule has 0 unspecified atom stereocenters. The van der Waals surface area contributed by atoms with Crippen molar-refractivity contribution < 1.29 is 4.74 Å². The second-order valence-electron chi connectivity index (χ2n) is 3.89. The highest BCUT2D eigenvalue weighted by Gasteiger charge is 2.02. The molecule has 0 fully saturated rings. The summed E-state index contributed by atoms with van der Waals surface area (Å²) in [5, 5.41) is 3.31. The standard InChI is InChI=1S/C14H16N2O/c1-10-4-3-5-13(15)14(10)16-11-6-8-12(17-2)9-7-11/h3-9,16H,15H2,1-2H3. The van der Waals surface area contributed by atoms with E-state index >= 15 is 0 Å². The zero-order chi connectivity index (χ0) is 12.3. The van der Waals surface area contributed by atoms with E-state index in [0.29, 0.717) is 0 Å². The fourth-order valence-electron chi connectivity index (χ4n) is 1.68. The zero-order valence-electron chi connectivity index (χ0n) is 10.0. The van der Waals surface area contributed by atoms with Gasteiger partial charge in [-0.2, -0.15) is 0 Å². The maximum absolute atomic E-state index is 5.94. The normalized spacial score (nSPS) is 10.0. The van der Waals surface area contributed by atoms with E-state index in [2.05, 4.69) is 5.32 Å². The number of anilines is 3. The molecule has 0 aliphatic carbocycles. The van der Waals surface area contributed by atoms with Gasteiger partial charge < -0.3 is 15.8 Å². The molecule has 0 saturated heterocycles. The van der Waals surface area contributed by atoms with Crippen LogP contribution in [0.25, 0.3) is 0 Å². The highest BCUT2D eigenvalue weighted by molar-refractivity contribution is 5.75. The quantitative estimate of drug-likeness (QED) is 0.792. The second-order valence-corrected chi connectivity index (χ2v) is 3.89. The molecule has 0 amide bonds. The van der Waals surface area contributed by atoms with Crippen molar-refractivity contribution in [2.24, 2.45) is 0 Å². The molecular formula is C14H16N2O. The van der Waals surface area contributed by atoms with Gasteiger partial charge in [-0.3, -0.25) is 0 Å². The Hall–Kier alpha value is -2.16. The second kappa shape index (κ2) is 4.78. The van der Waals surface area contributed by atoms with Gasteiger partial charge in [0.25, 0.3) is 0 Å². The third-order valence-corrected chi connectivity index (χ3v) is 2.66. The summed E-state index contributed by atoms with van der Waals surface area (Å²) in [7, 11) is 1.65.